The van der Waals surface area contributed by atoms with Crippen molar-refractivity contribution in [3.63, 3.8) is 0 Å². The summed E-state index contributed by atoms with van der Waals surface area (Å²) >= 11 is 0. The largest absolute Gasteiger partial charge is 0.342 e. The van der Waals surface area contributed by atoms with E-state index < -0.39 is 0 Å². The van der Waals surface area contributed by atoms with E-state index in [2.05, 4.69) is 37.1 Å². The summed E-state index contributed by atoms with van der Waals surface area (Å²) in [5.74, 6) is 0. The van der Waals surface area contributed by atoms with Crippen LogP contribution in [0.3, 0.4) is 0 Å². The number of nitrogens with one attached hydrogen (secondary N) is 2. The third-order valence-electron chi connectivity index (χ3n) is 2.71. The minimum atomic E-state index is 0.713. The van der Waals surface area contributed by atoms with Gasteiger partial charge in [-0.05, 0) is 18.9 Å². The predicted molar refractivity (Wildman–Crippen MR) is 73.5 cm³/mol. The molecule has 6 nitrogen and oxygen atoms in total. The van der Waals surface area contributed by atoms with Crippen LogP contribution in [0.2, 0.25) is 0 Å². The summed E-state index contributed by atoms with van der Waals surface area (Å²) in [5.41, 5.74) is 2.84. The smallest absolute Gasteiger partial charge is 0.180 e. The molecule has 0 amide bonds. The number of fused-ring (bicyclic) bond motifs is 1. The molecule has 3 aromatic rings. The van der Waals surface area contributed by atoms with Crippen molar-refractivity contribution in [1.29, 1.82) is 0 Å². The number of unbranched alkanes of at least 4 members (excludes halogenated alkanes) is 2. The Morgan fingerprint density at radius 3 is 2.89 bits per heavy atom. The number of aromatic nitrogens is 6. The van der Waals surface area contributed by atoms with Crippen LogP contribution in [-0.4, -0.2) is 30.1 Å². The molecule has 2 N–H and O–H groups in total. The summed E-state index contributed by atoms with van der Waals surface area (Å²) in [5, 5.41) is 6.82. The lowest BCUT2D eigenvalue weighted by atomic mass is 10.2. The Hall–Kier alpha value is -2.24. The quantitative estimate of drug-likeness (QED) is 0.704. The molecule has 6 heteroatoms. The van der Waals surface area contributed by atoms with Crippen LogP contribution in [0.4, 0.5) is 0 Å². The molecule has 0 spiro atoms. The zero-order chi connectivity index (χ0) is 13.3. The first-order valence-electron chi connectivity index (χ1n) is 6.47. The second-order valence-corrected chi connectivity index (χ2v) is 4.20. The predicted octanol–water partition coefficient (Wildman–Crippen LogP) is 2.50. The molecule has 0 fully saturated rings. The fourth-order valence-electron chi connectivity index (χ4n) is 1.68. The SMILES string of the molecule is CCCCCc1ccn[nH]1.c1ncc2[nH]cnc2n1. The van der Waals surface area contributed by atoms with Gasteiger partial charge < -0.3 is 4.98 Å². The van der Waals surface area contributed by atoms with E-state index in [9.17, 15) is 0 Å². The van der Waals surface area contributed by atoms with Crippen LogP contribution >= 0.6 is 0 Å². The molecule has 3 rings (SSSR count). The number of hydrogen-bond acceptors (Lipinski definition) is 4. The molecule has 0 saturated heterocycles. The number of H-pyrrole nitrogens is 2. The number of rotatable bonds is 4. The average Bonchev–Trinajstić information content (AvgIpc) is 3.11. The van der Waals surface area contributed by atoms with E-state index in [1.807, 2.05) is 6.07 Å². The summed E-state index contributed by atoms with van der Waals surface area (Å²) in [4.78, 5) is 14.5. The van der Waals surface area contributed by atoms with Crippen molar-refractivity contribution >= 4 is 11.2 Å². The Morgan fingerprint density at radius 1 is 1.21 bits per heavy atom. The highest BCUT2D eigenvalue weighted by Crippen LogP contribution is 2.01. The van der Waals surface area contributed by atoms with E-state index in [1.165, 1.54) is 31.3 Å². The molecule has 3 aromatic heterocycles. The van der Waals surface area contributed by atoms with Gasteiger partial charge >= 0.3 is 0 Å². The van der Waals surface area contributed by atoms with Crippen LogP contribution in [0.15, 0.2) is 31.1 Å². The highest BCUT2D eigenvalue weighted by molar-refractivity contribution is 5.67. The minimum absolute atomic E-state index is 0.713. The van der Waals surface area contributed by atoms with E-state index in [4.69, 9.17) is 0 Å². The van der Waals surface area contributed by atoms with Gasteiger partial charge in [0.1, 0.15) is 11.8 Å². The summed E-state index contributed by atoms with van der Waals surface area (Å²) in [6.45, 7) is 2.22. The maximum absolute atomic E-state index is 3.91. The lowest BCUT2D eigenvalue weighted by molar-refractivity contribution is 0.705. The van der Waals surface area contributed by atoms with Crippen LogP contribution in [0.5, 0.6) is 0 Å². The lowest BCUT2D eigenvalue weighted by Crippen LogP contribution is -1.84. The van der Waals surface area contributed by atoms with Crippen LogP contribution in [0, 0.1) is 0 Å². The Morgan fingerprint density at radius 2 is 2.16 bits per heavy atom. The van der Waals surface area contributed by atoms with Gasteiger partial charge in [-0.25, -0.2) is 15.0 Å². The third kappa shape index (κ3) is 4.17. The van der Waals surface area contributed by atoms with Crippen molar-refractivity contribution in [2.75, 3.05) is 0 Å². The Kier molecular flexibility index (Phi) is 5.04. The second kappa shape index (κ2) is 7.25. The van der Waals surface area contributed by atoms with Gasteiger partial charge in [-0.1, -0.05) is 19.8 Å². The van der Waals surface area contributed by atoms with Gasteiger partial charge in [0.05, 0.1) is 12.5 Å². The fraction of sp³-hybridized carbons (Fsp3) is 0.385. The van der Waals surface area contributed by atoms with Gasteiger partial charge in [0.25, 0.3) is 0 Å². The molecular formula is C13H18N6. The number of hydrogen-bond donors (Lipinski definition) is 2. The highest BCUT2D eigenvalue weighted by Gasteiger charge is 1.92. The topological polar surface area (TPSA) is 83.1 Å². The van der Waals surface area contributed by atoms with E-state index >= 15 is 0 Å². The Labute approximate surface area is 111 Å². The van der Waals surface area contributed by atoms with E-state index in [-0.39, 0.29) is 0 Å². The maximum atomic E-state index is 3.91. The molecule has 0 bridgehead atoms. The molecule has 19 heavy (non-hydrogen) atoms. The summed E-state index contributed by atoms with van der Waals surface area (Å²) in [6.07, 6.45) is 11.6. The molecule has 0 aromatic carbocycles. The van der Waals surface area contributed by atoms with Crippen molar-refractivity contribution in [2.45, 2.75) is 32.6 Å². The standard InChI is InChI=1S/C8H14N2.C5H4N4/c1-2-3-4-5-8-6-7-9-10-8;1-4-5(8-2-6-1)9-3-7-4/h6-7H,2-5H2,1H3,(H,9,10);1-3H,(H,6,7,8,9). The maximum Gasteiger partial charge on any atom is 0.180 e. The van der Waals surface area contributed by atoms with Crippen LogP contribution in [-0.2, 0) is 6.42 Å². The summed E-state index contributed by atoms with van der Waals surface area (Å²) in [6, 6.07) is 2.04. The van der Waals surface area contributed by atoms with Crippen LogP contribution < -0.4 is 0 Å². The molecule has 0 aliphatic heterocycles. The third-order valence-corrected chi connectivity index (χ3v) is 2.71. The lowest BCUT2D eigenvalue weighted by Gasteiger charge is -1.93. The number of aromatic amines is 2. The van der Waals surface area contributed by atoms with Gasteiger partial charge in [0, 0.05) is 11.9 Å². The number of imidazole rings is 1. The van der Waals surface area contributed by atoms with Crippen molar-refractivity contribution in [3.05, 3.63) is 36.8 Å². The van der Waals surface area contributed by atoms with E-state index in [0.29, 0.717) is 5.65 Å². The Balaban J connectivity index is 0.000000141. The first-order chi connectivity index (χ1) is 9.40. The Bertz CT molecular complexity index is 541. The molecule has 100 valence electrons. The molecule has 0 aliphatic carbocycles. The van der Waals surface area contributed by atoms with E-state index in [0.717, 1.165) is 11.9 Å². The van der Waals surface area contributed by atoms with Crippen LogP contribution in [0.1, 0.15) is 31.9 Å². The molecule has 0 atom stereocenters. The van der Waals surface area contributed by atoms with Crippen molar-refractivity contribution in [2.24, 2.45) is 0 Å². The fourth-order valence-corrected chi connectivity index (χ4v) is 1.68. The van der Waals surface area contributed by atoms with Gasteiger partial charge in [-0.3, -0.25) is 5.10 Å². The van der Waals surface area contributed by atoms with Gasteiger partial charge in [0.15, 0.2) is 5.65 Å². The normalized spacial score (nSPS) is 10.2. The minimum Gasteiger partial charge on any atom is -0.342 e. The van der Waals surface area contributed by atoms with Gasteiger partial charge in [0.2, 0.25) is 0 Å². The summed E-state index contributed by atoms with van der Waals surface area (Å²) in [7, 11) is 0. The summed E-state index contributed by atoms with van der Waals surface area (Å²) < 4.78 is 0. The monoisotopic (exact) mass is 258 g/mol. The zero-order valence-corrected chi connectivity index (χ0v) is 11.0. The first-order valence-corrected chi connectivity index (χ1v) is 6.47. The average molecular weight is 258 g/mol. The molecule has 0 unspecified atom stereocenters. The van der Waals surface area contributed by atoms with Crippen molar-refractivity contribution < 1.29 is 0 Å². The molecule has 0 aliphatic rings. The second-order valence-electron chi connectivity index (χ2n) is 4.20. The van der Waals surface area contributed by atoms with Crippen LogP contribution in [0.25, 0.3) is 11.2 Å². The molecule has 3 heterocycles. The number of aryl methyl sites for hydroxylation is 1. The molecule has 0 radical (unpaired) electrons. The van der Waals surface area contributed by atoms with Gasteiger partial charge in [-0.15, -0.1) is 0 Å². The van der Waals surface area contributed by atoms with Crippen molar-refractivity contribution in [3.8, 4) is 0 Å². The van der Waals surface area contributed by atoms with E-state index in [1.54, 1.807) is 18.7 Å². The molecule has 0 saturated carbocycles. The van der Waals surface area contributed by atoms with Gasteiger partial charge in [-0.2, -0.15) is 5.10 Å². The first kappa shape index (κ1) is 13.2. The highest BCUT2D eigenvalue weighted by atomic mass is 15.1. The van der Waals surface area contributed by atoms with Crippen molar-refractivity contribution in [1.82, 2.24) is 30.1 Å². The molecular weight excluding hydrogens is 240 g/mol. The zero-order valence-electron chi connectivity index (χ0n) is 11.0. The number of nitrogens with zero attached hydrogens (tertiary/aromatic N) is 4.